The van der Waals surface area contributed by atoms with Gasteiger partial charge >= 0.3 is 0 Å². The Bertz CT molecular complexity index is 216. The van der Waals surface area contributed by atoms with E-state index in [4.69, 9.17) is 0 Å². The molecular formula is C18H36P2. The Morgan fingerprint density at radius 3 is 1.30 bits per heavy atom. The van der Waals surface area contributed by atoms with Gasteiger partial charge in [0.05, 0.1) is 0 Å². The zero-order valence-corrected chi connectivity index (χ0v) is 15.7. The van der Waals surface area contributed by atoms with Crippen LogP contribution in [0.3, 0.4) is 0 Å². The van der Waals surface area contributed by atoms with Crippen LogP contribution in [0, 0.1) is 0 Å². The standard InChI is InChI=1S/C18H36P2/c1-19(17-11-5-3-6-12-17)15-9-10-16-20(2)18-13-7-4-8-14-18/h17-18H,3-16H2,1-2H3. The molecule has 0 aromatic rings. The fourth-order valence-corrected chi connectivity index (χ4v) is 8.80. The molecule has 0 aliphatic heterocycles. The summed E-state index contributed by atoms with van der Waals surface area (Å²) in [6, 6.07) is 0. The van der Waals surface area contributed by atoms with Crippen molar-refractivity contribution in [2.45, 2.75) is 88.4 Å². The molecular weight excluding hydrogens is 278 g/mol. The lowest BCUT2D eigenvalue weighted by molar-refractivity contribution is 0.510. The van der Waals surface area contributed by atoms with Crippen LogP contribution >= 0.6 is 15.8 Å². The van der Waals surface area contributed by atoms with Crippen molar-refractivity contribution in [3.63, 3.8) is 0 Å². The van der Waals surface area contributed by atoms with E-state index in [0.717, 1.165) is 11.3 Å². The maximum Gasteiger partial charge on any atom is -0.0212 e. The highest BCUT2D eigenvalue weighted by atomic mass is 31.1. The van der Waals surface area contributed by atoms with Crippen molar-refractivity contribution in [2.24, 2.45) is 0 Å². The van der Waals surface area contributed by atoms with Gasteiger partial charge in [0.25, 0.3) is 0 Å². The first-order chi connectivity index (χ1) is 9.77. The van der Waals surface area contributed by atoms with E-state index in [-0.39, 0.29) is 0 Å². The fourth-order valence-electron chi connectivity index (χ4n) is 4.13. The Kier molecular flexibility index (Phi) is 8.43. The van der Waals surface area contributed by atoms with Gasteiger partial charge in [-0.3, -0.25) is 0 Å². The summed E-state index contributed by atoms with van der Waals surface area (Å²) in [6.07, 6.45) is 21.6. The Morgan fingerprint density at radius 1 is 0.600 bits per heavy atom. The van der Waals surface area contributed by atoms with Gasteiger partial charge in [-0.05, 0) is 75.5 Å². The molecule has 20 heavy (non-hydrogen) atoms. The summed E-state index contributed by atoms with van der Waals surface area (Å²) in [5.41, 5.74) is 2.28. The van der Waals surface area contributed by atoms with Gasteiger partial charge in [0.1, 0.15) is 0 Å². The van der Waals surface area contributed by atoms with Gasteiger partial charge in [-0.15, -0.1) is 15.8 Å². The van der Waals surface area contributed by atoms with Crippen molar-refractivity contribution in [1.82, 2.24) is 0 Å². The highest BCUT2D eigenvalue weighted by Crippen LogP contribution is 2.47. The van der Waals surface area contributed by atoms with Gasteiger partial charge in [-0.2, -0.15) is 0 Å². The molecule has 0 saturated heterocycles. The molecule has 0 aromatic carbocycles. The second kappa shape index (κ2) is 9.79. The molecule has 0 spiro atoms. The highest BCUT2D eigenvalue weighted by molar-refractivity contribution is 7.58. The van der Waals surface area contributed by atoms with Crippen LogP contribution in [0.5, 0.6) is 0 Å². The molecule has 2 rings (SSSR count). The fraction of sp³-hybridized carbons (Fsp3) is 1.00. The summed E-state index contributed by atoms with van der Waals surface area (Å²) in [6.45, 7) is 5.20. The molecule has 0 nitrogen and oxygen atoms in total. The Morgan fingerprint density at radius 2 is 0.950 bits per heavy atom. The third-order valence-corrected chi connectivity index (χ3v) is 11.2. The predicted molar refractivity (Wildman–Crippen MR) is 98.4 cm³/mol. The van der Waals surface area contributed by atoms with E-state index in [2.05, 4.69) is 13.3 Å². The van der Waals surface area contributed by atoms with Crippen molar-refractivity contribution >= 4 is 15.8 Å². The van der Waals surface area contributed by atoms with Crippen LogP contribution in [0.25, 0.3) is 0 Å². The quantitative estimate of drug-likeness (QED) is 0.364. The third-order valence-electron chi connectivity index (χ3n) is 5.67. The number of rotatable bonds is 7. The first-order valence-electron chi connectivity index (χ1n) is 9.18. The molecule has 0 amide bonds. The van der Waals surface area contributed by atoms with Gasteiger partial charge in [-0.25, -0.2) is 0 Å². The van der Waals surface area contributed by atoms with E-state index in [0.29, 0.717) is 15.8 Å². The molecule has 118 valence electrons. The minimum absolute atomic E-state index is 0.363. The summed E-state index contributed by atoms with van der Waals surface area (Å²) in [5.74, 6) is 0. The van der Waals surface area contributed by atoms with E-state index in [9.17, 15) is 0 Å². The Labute approximate surface area is 130 Å². The topological polar surface area (TPSA) is 0 Å². The Hall–Kier alpha value is 0.860. The maximum absolute atomic E-state index is 2.60. The summed E-state index contributed by atoms with van der Waals surface area (Å²) >= 11 is 0. The zero-order chi connectivity index (χ0) is 14.2. The van der Waals surface area contributed by atoms with Crippen molar-refractivity contribution < 1.29 is 0 Å². The van der Waals surface area contributed by atoms with Crippen LogP contribution in [0.2, 0.25) is 0 Å². The molecule has 2 fully saturated rings. The highest BCUT2D eigenvalue weighted by Gasteiger charge is 2.21. The van der Waals surface area contributed by atoms with Gasteiger partial charge in [0, 0.05) is 0 Å². The second-order valence-corrected chi connectivity index (χ2v) is 12.6. The molecule has 0 aromatic heterocycles. The average Bonchev–Trinajstić information content (AvgIpc) is 2.53. The molecule has 2 saturated carbocycles. The molecule has 2 aliphatic rings. The first kappa shape index (κ1) is 17.2. The van der Waals surface area contributed by atoms with E-state index in [1.54, 1.807) is 38.0 Å². The van der Waals surface area contributed by atoms with Gasteiger partial charge in [0.15, 0.2) is 0 Å². The van der Waals surface area contributed by atoms with Gasteiger partial charge in [0.2, 0.25) is 0 Å². The smallest absolute Gasteiger partial charge is 0.0212 e. The van der Waals surface area contributed by atoms with E-state index < -0.39 is 0 Å². The first-order valence-corrected chi connectivity index (χ1v) is 13.3. The van der Waals surface area contributed by atoms with Gasteiger partial charge in [-0.1, -0.05) is 38.5 Å². The molecule has 0 heterocycles. The Balaban J connectivity index is 1.53. The minimum Gasteiger partial charge on any atom is -0.107 e. The molecule has 2 aliphatic carbocycles. The SMILES string of the molecule is CP(CCCCP(C)C1CCCCC1)C1CCCCC1. The largest absolute Gasteiger partial charge is 0.107 e. The molecule has 0 radical (unpaired) electrons. The lowest BCUT2D eigenvalue weighted by Gasteiger charge is -2.29. The van der Waals surface area contributed by atoms with Crippen LogP contribution in [0.1, 0.15) is 77.0 Å². The molecule has 0 bridgehead atoms. The van der Waals surface area contributed by atoms with Crippen LogP contribution in [-0.4, -0.2) is 37.0 Å². The lowest BCUT2D eigenvalue weighted by atomic mass is 10.0. The summed E-state index contributed by atoms with van der Waals surface area (Å²) < 4.78 is 0. The van der Waals surface area contributed by atoms with Gasteiger partial charge < -0.3 is 0 Å². The predicted octanol–water partition coefficient (Wildman–Crippen LogP) is 6.66. The summed E-state index contributed by atoms with van der Waals surface area (Å²) in [7, 11) is 0.726. The second-order valence-electron chi connectivity index (χ2n) is 7.25. The zero-order valence-electron chi connectivity index (χ0n) is 13.9. The van der Waals surface area contributed by atoms with Crippen LogP contribution in [0.4, 0.5) is 0 Å². The van der Waals surface area contributed by atoms with Crippen molar-refractivity contribution in [3.8, 4) is 0 Å². The van der Waals surface area contributed by atoms with Crippen molar-refractivity contribution in [2.75, 3.05) is 25.7 Å². The molecule has 2 unspecified atom stereocenters. The van der Waals surface area contributed by atoms with Crippen LogP contribution < -0.4 is 0 Å². The maximum atomic E-state index is 2.60. The van der Waals surface area contributed by atoms with E-state index in [1.807, 2.05) is 0 Å². The number of hydrogen-bond donors (Lipinski definition) is 0. The van der Waals surface area contributed by atoms with E-state index in [1.165, 1.54) is 51.4 Å². The lowest BCUT2D eigenvalue weighted by Crippen LogP contribution is -2.12. The van der Waals surface area contributed by atoms with Crippen molar-refractivity contribution in [3.05, 3.63) is 0 Å². The molecule has 0 N–H and O–H groups in total. The summed E-state index contributed by atoms with van der Waals surface area (Å²) in [4.78, 5) is 0. The van der Waals surface area contributed by atoms with Crippen molar-refractivity contribution in [1.29, 1.82) is 0 Å². The number of hydrogen-bond acceptors (Lipinski definition) is 0. The monoisotopic (exact) mass is 314 g/mol. The average molecular weight is 314 g/mol. The van der Waals surface area contributed by atoms with Crippen LogP contribution in [-0.2, 0) is 0 Å². The third kappa shape index (κ3) is 5.93. The number of unbranched alkanes of at least 4 members (excludes halogenated alkanes) is 1. The minimum atomic E-state index is 0.363. The van der Waals surface area contributed by atoms with E-state index >= 15 is 0 Å². The molecule has 2 atom stereocenters. The summed E-state index contributed by atoms with van der Waals surface area (Å²) in [5, 5.41) is 0. The molecule has 2 heteroatoms. The normalized spacial score (nSPS) is 25.5. The van der Waals surface area contributed by atoms with Crippen LogP contribution in [0.15, 0.2) is 0 Å².